The quantitative estimate of drug-likeness (QED) is 0.382. The number of hydrogen-bond donors (Lipinski definition) is 4. The summed E-state index contributed by atoms with van der Waals surface area (Å²) < 4.78 is 10.0. The normalized spacial score (nSPS) is 10.8. The van der Waals surface area contributed by atoms with E-state index in [2.05, 4.69) is 0 Å². The number of ether oxygens (including phenoxy) is 2. The predicted molar refractivity (Wildman–Crippen MR) is 116 cm³/mol. The fourth-order valence-corrected chi connectivity index (χ4v) is 3.50. The monoisotopic (exact) mass is 447 g/mol. The van der Waals surface area contributed by atoms with Crippen molar-refractivity contribution in [3.63, 3.8) is 0 Å². The fraction of sp³-hybridized carbons (Fsp3) is 0.391. The summed E-state index contributed by atoms with van der Waals surface area (Å²) in [6, 6.07) is 5.17. The summed E-state index contributed by atoms with van der Waals surface area (Å²) in [5.41, 5.74) is 0.233. The van der Waals surface area contributed by atoms with E-state index < -0.39 is 17.4 Å². The highest BCUT2D eigenvalue weighted by Gasteiger charge is 2.27. The maximum Gasteiger partial charge on any atom is 0.227 e. The van der Waals surface area contributed by atoms with Crippen LogP contribution in [0.25, 0.3) is 0 Å². The van der Waals surface area contributed by atoms with E-state index in [-0.39, 0.29) is 60.9 Å². The smallest absolute Gasteiger partial charge is 0.227 e. The van der Waals surface area contributed by atoms with E-state index in [4.69, 9.17) is 9.47 Å². The van der Waals surface area contributed by atoms with Crippen LogP contribution in [0.1, 0.15) is 34.0 Å². The lowest BCUT2D eigenvalue weighted by Crippen LogP contribution is -2.37. The number of aliphatic hydroxyl groups is 1. The molecule has 174 valence electrons. The minimum Gasteiger partial charge on any atom is -0.508 e. The molecule has 2 rings (SSSR count). The molecule has 0 aliphatic carbocycles. The molecule has 0 spiro atoms. The largest absolute Gasteiger partial charge is 0.508 e. The molecular formula is C23H29NO8. The number of carbonyl (C=O) groups is 2. The van der Waals surface area contributed by atoms with Crippen LogP contribution in [-0.2, 0) is 22.4 Å². The van der Waals surface area contributed by atoms with Crippen LogP contribution in [0.5, 0.6) is 23.0 Å². The number of hydrogen-bond acceptors (Lipinski definition) is 8. The van der Waals surface area contributed by atoms with Crippen molar-refractivity contribution in [2.75, 3.05) is 40.5 Å². The predicted octanol–water partition coefficient (Wildman–Crippen LogP) is 1.62. The average Bonchev–Trinajstić information content (AvgIpc) is 2.76. The maximum atomic E-state index is 13.3. The van der Waals surface area contributed by atoms with Crippen LogP contribution < -0.4 is 4.74 Å². The van der Waals surface area contributed by atoms with Crippen LogP contribution in [0.2, 0.25) is 0 Å². The number of aliphatic hydroxyl groups excluding tert-OH is 1. The fourth-order valence-electron chi connectivity index (χ4n) is 3.50. The Morgan fingerprint density at radius 3 is 2.25 bits per heavy atom. The van der Waals surface area contributed by atoms with E-state index in [0.717, 1.165) is 6.07 Å². The van der Waals surface area contributed by atoms with Crippen molar-refractivity contribution in [2.24, 2.45) is 0 Å². The number of methoxy groups -OCH3 is 2. The second-order valence-corrected chi connectivity index (χ2v) is 7.09. The van der Waals surface area contributed by atoms with Gasteiger partial charge in [-0.25, -0.2) is 0 Å². The molecule has 0 aliphatic rings. The van der Waals surface area contributed by atoms with Crippen molar-refractivity contribution in [3.05, 3.63) is 46.5 Å². The first-order valence-corrected chi connectivity index (χ1v) is 10.1. The Balaban J connectivity index is 2.57. The van der Waals surface area contributed by atoms with E-state index >= 15 is 0 Å². The van der Waals surface area contributed by atoms with Gasteiger partial charge in [-0.1, -0.05) is 6.92 Å². The van der Waals surface area contributed by atoms with Crippen molar-refractivity contribution in [1.82, 2.24) is 4.90 Å². The van der Waals surface area contributed by atoms with Crippen LogP contribution in [0.4, 0.5) is 0 Å². The van der Waals surface area contributed by atoms with E-state index in [9.17, 15) is 30.0 Å². The zero-order valence-corrected chi connectivity index (χ0v) is 18.4. The number of nitrogens with zero attached hydrogens (tertiary/aromatic N) is 1. The number of rotatable bonds is 11. The molecule has 0 aromatic heterocycles. The molecule has 0 fully saturated rings. The van der Waals surface area contributed by atoms with Gasteiger partial charge in [-0.15, -0.1) is 0 Å². The van der Waals surface area contributed by atoms with Crippen LogP contribution in [0, 0.1) is 0 Å². The Kier molecular flexibility index (Phi) is 8.86. The van der Waals surface area contributed by atoms with Crippen LogP contribution >= 0.6 is 0 Å². The number of aromatic hydroxyl groups is 3. The van der Waals surface area contributed by atoms with Crippen molar-refractivity contribution >= 4 is 11.7 Å². The number of carbonyl (C=O) groups excluding carboxylic acids is 2. The Bertz CT molecular complexity index is 973. The lowest BCUT2D eigenvalue weighted by molar-refractivity contribution is -0.131. The zero-order chi connectivity index (χ0) is 23.8. The molecule has 0 aliphatic heterocycles. The molecule has 0 saturated carbocycles. The van der Waals surface area contributed by atoms with Crippen LogP contribution in [0.3, 0.4) is 0 Å². The standard InChI is InChI=1S/C23H29NO8/c1-4-15-17(12-21(29)24(7-9-25)8-10-31-2)22(20(28)13-19(15)27)23(30)16-6-5-14(32-3)11-18(16)26/h5-6,11,13,25-28H,4,7-10,12H2,1-3H3. The Morgan fingerprint density at radius 2 is 1.69 bits per heavy atom. The summed E-state index contributed by atoms with van der Waals surface area (Å²) in [6.07, 6.45) is -0.00545. The zero-order valence-electron chi connectivity index (χ0n) is 18.4. The summed E-state index contributed by atoms with van der Waals surface area (Å²) in [5.74, 6) is -1.87. The molecule has 9 heteroatoms. The molecule has 0 saturated heterocycles. The van der Waals surface area contributed by atoms with Gasteiger partial charge in [0.25, 0.3) is 0 Å². The minimum absolute atomic E-state index is 0.0665. The Morgan fingerprint density at radius 1 is 0.969 bits per heavy atom. The van der Waals surface area contributed by atoms with Crippen molar-refractivity contribution in [2.45, 2.75) is 19.8 Å². The van der Waals surface area contributed by atoms with Gasteiger partial charge in [0.15, 0.2) is 0 Å². The molecule has 0 radical (unpaired) electrons. The van der Waals surface area contributed by atoms with Crippen molar-refractivity contribution < 1.29 is 39.5 Å². The summed E-state index contributed by atoms with van der Waals surface area (Å²) in [6.45, 7) is 2.04. The van der Waals surface area contributed by atoms with E-state index in [0.29, 0.717) is 17.7 Å². The second-order valence-electron chi connectivity index (χ2n) is 7.09. The van der Waals surface area contributed by atoms with Gasteiger partial charge in [-0.2, -0.15) is 0 Å². The van der Waals surface area contributed by atoms with Crippen LogP contribution in [0.15, 0.2) is 24.3 Å². The highest BCUT2D eigenvalue weighted by molar-refractivity contribution is 6.14. The third-order valence-electron chi connectivity index (χ3n) is 5.15. The van der Waals surface area contributed by atoms with Gasteiger partial charge in [0.05, 0.1) is 37.9 Å². The lowest BCUT2D eigenvalue weighted by atomic mass is 9.89. The van der Waals surface area contributed by atoms with E-state index in [1.807, 2.05) is 0 Å². The molecule has 1 amide bonds. The van der Waals surface area contributed by atoms with Gasteiger partial charge in [-0.3, -0.25) is 9.59 Å². The number of amides is 1. The van der Waals surface area contributed by atoms with Gasteiger partial charge in [0.2, 0.25) is 11.7 Å². The summed E-state index contributed by atoms with van der Waals surface area (Å²) >= 11 is 0. The topological polar surface area (TPSA) is 137 Å². The first kappa shape index (κ1) is 25.0. The number of phenols is 3. The maximum absolute atomic E-state index is 13.3. The summed E-state index contributed by atoms with van der Waals surface area (Å²) in [4.78, 5) is 27.7. The molecule has 2 aromatic carbocycles. The molecule has 0 bridgehead atoms. The number of ketones is 1. The molecule has 0 heterocycles. The molecule has 32 heavy (non-hydrogen) atoms. The third kappa shape index (κ3) is 5.49. The summed E-state index contributed by atoms with van der Waals surface area (Å²) in [7, 11) is 2.91. The van der Waals surface area contributed by atoms with Crippen molar-refractivity contribution in [1.29, 1.82) is 0 Å². The van der Waals surface area contributed by atoms with E-state index in [1.165, 1.54) is 37.3 Å². The molecule has 4 N–H and O–H groups in total. The van der Waals surface area contributed by atoms with Gasteiger partial charge < -0.3 is 34.8 Å². The average molecular weight is 447 g/mol. The SMILES string of the molecule is CCc1c(O)cc(O)c(C(=O)c2ccc(OC)cc2O)c1CC(=O)N(CCO)CCOC. The molecule has 0 unspecified atom stereocenters. The number of benzene rings is 2. The molecule has 9 nitrogen and oxygen atoms in total. The molecular weight excluding hydrogens is 418 g/mol. The van der Waals surface area contributed by atoms with Gasteiger partial charge in [0, 0.05) is 32.3 Å². The first-order chi connectivity index (χ1) is 15.3. The Hall–Kier alpha value is -3.30. The third-order valence-corrected chi connectivity index (χ3v) is 5.15. The summed E-state index contributed by atoms with van der Waals surface area (Å²) in [5, 5.41) is 40.5. The molecule has 2 aromatic rings. The molecule has 0 atom stereocenters. The first-order valence-electron chi connectivity index (χ1n) is 10.1. The van der Waals surface area contributed by atoms with Crippen molar-refractivity contribution in [3.8, 4) is 23.0 Å². The number of phenolic OH excluding ortho intramolecular Hbond substituents is 3. The van der Waals surface area contributed by atoms with Gasteiger partial charge in [0.1, 0.15) is 23.0 Å². The highest BCUT2D eigenvalue weighted by atomic mass is 16.5. The van der Waals surface area contributed by atoms with Gasteiger partial charge in [-0.05, 0) is 29.7 Å². The van der Waals surface area contributed by atoms with Crippen LogP contribution in [-0.4, -0.2) is 77.5 Å². The Labute approximate surface area is 186 Å². The van der Waals surface area contributed by atoms with Gasteiger partial charge >= 0.3 is 0 Å². The minimum atomic E-state index is -0.703. The second kappa shape index (κ2) is 11.4. The lowest BCUT2D eigenvalue weighted by Gasteiger charge is -2.23. The van der Waals surface area contributed by atoms with E-state index in [1.54, 1.807) is 6.92 Å². The highest BCUT2D eigenvalue weighted by Crippen LogP contribution is 2.36.